The number of methoxy groups -OCH3 is 2. The van der Waals surface area contributed by atoms with Gasteiger partial charge in [0, 0.05) is 11.5 Å². The van der Waals surface area contributed by atoms with Gasteiger partial charge in [0.05, 0.1) is 25.5 Å². The summed E-state index contributed by atoms with van der Waals surface area (Å²) in [7, 11) is 3.19. The van der Waals surface area contributed by atoms with Crippen LogP contribution in [0.25, 0.3) is 16.6 Å². The van der Waals surface area contributed by atoms with E-state index in [1.165, 1.54) is 17.4 Å². The van der Waals surface area contributed by atoms with Crippen LogP contribution in [0.1, 0.15) is 16.8 Å². The average Bonchev–Trinajstić information content (AvgIpc) is 3.19. The summed E-state index contributed by atoms with van der Waals surface area (Å²) in [5.74, 6) is 0.866. The fourth-order valence-corrected chi connectivity index (χ4v) is 3.50. The van der Waals surface area contributed by atoms with Crippen LogP contribution in [0.5, 0.6) is 11.5 Å². The van der Waals surface area contributed by atoms with Gasteiger partial charge in [-0.2, -0.15) is 0 Å². The second-order valence-corrected chi connectivity index (χ2v) is 6.84. The number of nitrogens with zero attached hydrogens (tertiary/aromatic N) is 1. The monoisotopic (exact) mass is 395 g/mol. The number of rotatable bonds is 7. The second kappa shape index (κ2) is 9.19. The first-order chi connectivity index (χ1) is 13.6. The molecule has 3 rings (SSSR count). The molecule has 2 aromatic carbocycles. The van der Waals surface area contributed by atoms with Crippen LogP contribution in [-0.2, 0) is 16.1 Å². The van der Waals surface area contributed by atoms with Crippen LogP contribution >= 0.6 is 11.3 Å². The molecule has 0 bridgehead atoms. The van der Waals surface area contributed by atoms with Gasteiger partial charge in [-0.15, -0.1) is 11.3 Å². The third-order valence-corrected chi connectivity index (χ3v) is 5.06. The Bertz CT molecular complexity index is 994. The fraction of sp³-hybridized carbons (Fsp3) is 0.182. The van der Waals surface area contributed by atoms with Crippen LogP contribution in [0.4, 0.5) is 0 Å². The van der Waals surface area contributed by atoms with Crippen LogP contribution in [-0.4, -0.2) is 25.2 Å². The summed E-state index contributed by atoms with van der Waals surface area (Å²) in [4.78, 5) is 16.5. The highest BCUT2D eigenvalue weighted by Gasteiger charge is 2.15. The van der Waals surface area contributed by atoms with Gasteiger partial charge in [-0.05, 0) is 36.3 Å². The van der Waals surface area contributed by atoms with Crippen molar-refractivity contribution < 1.29 is 19.0 Å². The largest absolute Gasteiger partial charge is 0.493 e. The average molecular weight is 395 g/mol. The molecule has 0 unspecified atom stereocenters. The molecule has 0 N–H and O–H groups in total. The van der Waals surface area contributed by atoms with E-state index in [1.54, 1.807) is 20.3 Å². The van der Waals surface area contributed by atoms with Crippen molar-refractivity contribution in [2.24, 2.45) is 0 Å². The lowest BCUT2D eigenvalue weighted by molar-refractivity contribution is -0.139. The number of carbonyl (C=O) groups is 1. The molecule has 0 radical (unpaired) electrons. The molecule has 144 valence electrons. The molecule has 0 amide bonds. The summed E-state index contributed by atoms with van der Waals surface area (Å²) < 4.78 is 16.1. The molecular weight excluding hydrogens is 374 g/mol. The van der Waals surface area contributed by atoms with Gasteiger partial charge in [0.15, 0.2) is 11.5 Å². The van der Waals surface area contributed by atoms with Crippen LogP contribution < -0.4 is 9.47 Å². The van der Waals surface area contributed by atoms with Gasteiger partial charge in [-0.3, -0.25) is 0 Å². The van der Waals surface area contributed by atoms with Crippen molar-refractivity contribution in [3.8, 4) is 22.1 Å². The van der Waals surface area contributed by atoms with E-state index in [4.69, 9.17) is 14.2 Å². The molecule has 3 aromatic rings. The summed E-state index contributed by atoms with van der Waals surface area (Å²) in [6, 6.07) is 13.5. The zero-order chi connectivity index (χ0) is 19.9. The van der Waals surface area contributed by atoms with Gasteiger partial charge in [-0.1, -0.05) is 30.3 Å². The van der Waals surface area contributed by atoms with E-state index < -0.39 is 5.97 Å². The number of para-hydroxylation sites is 1. The van der Waals surface area contributed by atoms with Crippen molar-refractivity contribution in [1.29, 1.82) is 0 Å². The first kappa shape index (κ1) is 19.6. The van der Waals surface area contributed by atoms with E-state index in [0.717, 1.165) is 21.7 Å². The van der Waals surface area contributed by atoms with E-state index in [1.807, 2.05) is 54.8 Å². The predicted molar refractivity (Wildman–Crippen MR) is 111 cm³/mol. The summed E-state index contributed by atoms with van der Waals surface area (Å²) in [6.07, 6.45) is 3.19. The molecule has 0 spiro atoms. The summed E-state index contributed by atoms with van der Waals surface area (Å²) in [5.41, 5.74) is 3.61. The molecule has 0 aliphatic rings. The van der Waals surface area contributed by atoms with Crippen molar-refractivity contribution >= 4 is 23.4 Å². The lowest BCUT2D eigenvalue weighted by Gasteiger charge is -2.10. The molecule has 6 heteroatoms. The highest BCUT2D eigenvalue weighted by molar-refractivity contribution is 7.13. The molecule has 1 heterocycles. The highest BCUT2D eigenvalue weighted by Crippen LogP contribution is 2.38. The summed E-state index contributed by atoms with van der Waals surface area (Å²) in [5, 5.41) is 2.64. The van der Waals surface area contributed by atoms with Crippen LogP contribution in [0.15, 0.2) is 53.9 Å². The van der Waals surface area contributed by atoms with Crippen LogP contribution in [0, 0.1) is 6.92 Å². The molecule has 28 heavy (non-hydrogen) atoms. The quantitative estimate of drug-likeness (QED) is 0.421. The molecule has 0 fully saturated rings. The number of hydrogen-bond donors (Lipinski definition) is 0. The van der Waals surface area contributed by atoms with Crippen LogP contribution in [0.3, 0.4) is 0 Å². The first-order valence-corrected chi connectivity index (χ1v) is 9.56. The Kier molecular flexibility index (Phi) is 6.45. The number of thiazole rings is 1. The maximum atomic E-state index is 12.0. The Morgan fingerprint density at radius 3 is 2.68 bits per heavy atom. The molecule has 0 aliphatic carbocycles. The first-order valence-electron chi connectivity index (χ1n) is 8.68. The Balaban J connectivity index is 1.66. The van der Waals surface area contributed by atoms with E-state index in [9.17, 15) is 4.79 Å². The molecule has 0 atom stereocenters. The molecule has 0 saturated carbocycles. The number of carbonyl (C=O) groups excluding carboxylic acids is 1. The van der Waals surface area contributed by atoms with Gasteiger partial charge in [0.1, 0.15) is 11.6 Å². The highest BCUT2D eigenvalue weighted by atomic mass is 32.1. The Morgan fingerprint density at radius 2 is 1.93 bits per heavy atom. The smallest absolute Gasteiger partial charge is 0.331 e. The number of ether oxygens (including phenoxy) is 3. The van der Waals surface area contributed by atoms with Crippen molar-refractivity contribution in [1.82, 2.24) is 4.98 Å². The number of hydrogen-bond acceptors (Lipinski definition) is 6. The van der Waals surface area contributed by atoms with Crippen molar-refractivity contribution in [3.05, 3.63) is 70.7 Å². The maximum absolute atomic E-state index is 12.0. The third kappa shape index (κ3) is 4.58. The lowest BCUT2D eigenvalue weighted by Crippen LogP contribution is -2.01. The zero-order valence-electron chi connectivity index (χ0n) is 16.0. The molecular formula is C22H21NO4S. The van der Waals surface area contributed by atoms with Gasteiger partial charge in [0.2, 0.25) is 0 Å². The van der Waals surface area contributed by atoms with Crippen LogP contribution in [0.2, 0.25) is 0 Å². The van der Waals surface area contributed by atoms with Gasteiger partial charge >= 0.3 is 5.97 Å². The Morgan fingerprint density at radius 1 is 1.11 bits per heavy atom. The molecule has 5 nitrogen and oxygen atoms in total. The number of benzene rings is 2. The van der Waals surface area contributed by atoms with Crippen molar-refractivity contribution in [3.63, 3.8) is 0 Å². The number of aromatic nitrogens is 1. The predicted octanol–water partition coefficient (Wildman–Crippen LogP) is 4.89. The normalized spacial score (nSPS) is 10.8. The molecule has 0 aliphatic heterocycles. The molecule has 0 saturated heterocycles. The number of aryl methyl sites for hydroxylation is 1. The standard InChI is InChI=1S/C22H21NO4S/c1-15-7-4-5-8-16(15)11-12-20(24)27-13-17-14-28-22(23-17)18-9-6-10-19(25-2)21(18)26-3/h4-12,14H,13H2,1-3H3/b12-11+. The summed E-state index contributed by atoms with van der Waals surface area (Å²) in [6.45, 7) is 2.11. The fourth-order valence-electron chi connectivity index (χ4n) is 2.68. The summed E-state index contributed by atoms with van der Waals surface area (Å²) >= 11 is 1.46. The SMILES string of the molecule is COc1cccc(-c2nc(COC(=O)/C=C/c3ccccc3C)cs2)c1OC. The maximum Gasteiger partial charge on any atom is 0.331 e. The van der Waals surface area contributed by atoms with Crippen molar-refractivity contribution in [2.45, 2.75) is 13.5 Å². The van der Waals surface area contributed by atoms with Gasteiger partial charge in [0.25, 0.3) is 0 Å². The topological polar surface area (TPSA) is 57.7 Å². The minimum Gasteiger partial charge on any atom is -0.493 e. The minimum absolute atomic E-state index is 0.111. The van der Waals surface area contributed by atoms with Gasteiger partial charge in [-0.25, -0.2) is 9.78 Å². The van der Waals surface area contributed by atoms with E-state index in [-0.39, 0.29) is 6.61 Å². The zero-order valence-corrected chi connectivity index (χ0v) is 16.8. The Hall–Kier alpha value is -3.12. The van der Waals surface area contributed by atoms with Gasteiger partial charge < -0.3 is 14.2 Å². The third-order valence-electron chi connectivity index (χ3n) is 4.13. The van der Waals surface area contributed by atoms with E-state index in [2.05, 4.69) is 4.98 Å². The lowest BCUT2D eigenvalue weighted by atomic mass is 10.1. The van der Waals surface area contributed by atoms with E-state index in [0.29, 0.717) is 17.2 Å². The van der Waals surface area contributed by atoms with E-state index >= 15 is 0 Å². The molecule has 1 aromatic heterocycles. The van der Waals surface area contributed by atoms with Crippen molar-refractivity contribution in [2.75, 3.05) is 14.2 Å². The number of esters is 1. The minimum atomic E-state index is -0.406. The second-order valence-electron chi connectivity index (χ2n) is 5.98. The Labute approximate surface area is 168 Å².